The number of hydrogen-bond donors (Lipinski definition) is 1. The van der Waals surface area contributed by atoms with Crippen LogP contribution < -0.4 is 20.1 Å². The van der Waals surface area contributed by atoms with Crippen LogP contribution >= 0.6 is 11.6 Å². The summed E-state index contributed by atoms with van der Waals surface area (Å²) in [5.41, 5.74) is -0.388. The standard InChI is InChI=1S/C26H20ClF5N4O5/c1-13-14(2)23(38)33-36(41-25(40)26(30,31)32)21(13)10-15-3-5-19(28)17(9-15)24(39)34-7-8-35(22(37)12-34)16-4-6-20(29)18(27)11-16/h3-6,9,11H,7-8,10,12H2,1-2H3/p+1. The second-order valence-electron chi connectivity index (χ2n) is 9.17. The van der Waals surface area contributed by atoms with Gasteiger partial charge in [-0.15, -0.1) is 0 Å². The van der Waals surface area contributed by atoms with Gasteiger partial charge in [0.1, 0.15) is 23.0 Å². The van der Waals surface area contributed by atoms with Crippen LogP contribution in [0.5, 0.6) is 0 Å². The quantitative estimate of drug-likeness (QED) is 0.359. The third kappa shape index (κ3) is 6.21. The second-order valence-corrected chi connectivity index (χ2v) is 9.58. The van der Waals surface area contributed by atoms with Crippen molar-refractivity contribution in [2.75, 3.05) is 24.5 Å². The highest BCUT2D eigenvalue weighted by atomic mass is 35.5. The predicted octanol–water partition coefficient (Wildman–Crippen LogP) is 2.81. The van der Waals surface area contributed by atoms with Crippen molar-refractivity contribution in [1.29, 1.82) is 0 Å². The average Bonchev–Trinajstić information content (AvgIpc) is 2.91. The van der Waals surface area contributed by atoms with E-state index >= 15 is 0 Å². The summed E-state index contributed by atoms with van der Waals surface area (Å²) in [6.45, 7) is 2.45. The molecule has 9 nitrogen and oxygen atoms in total. The van der Waals surface area contributed by atoms with Gasteiger partial charge < -0.3 is 9.80 Å². The van der Waals surface area contributed by atoms with E-state index in [1.54, 1.807) is 0 Å². The van der Waals surface area contributed by atoms with E-state index in [4.69, 9.17) is 11.6 Å². The van der Waals surface area contributed by atoms with Gasteiger partial charge in [-0.3, -0.25) is 14.4 Å². The molecule has 41 heavy (non-hydrogen) atoms. The number of carbonyl (C=O) groups excluding carboxylic acids is 3. The SMILES string of the molecule is Cc1c(C)c(=O)[nH][n+](OC(=O)C(F)(F)F)c1Cc1ccc(F)c(C(=O)N2CCN(c3ccc(F)c(Cl)c3)C(=O)C2)c1. The molecule has 2 amide bonds. The van der Waals surface area contributed by atoms with Crippen molar-refractivity contribution in [2.45, 2.75) is 26.4 Å². The van der Waals surface area contributed by atoms with Crippen molar-refractivity contribution in [1.82, 2.24) is 10.00 Å². The number of carbonyl (C=O) groups is 3. The molecule has 1 fully saturated rings. The lowest BCUT2D eigenvalue weighted by Crippen LogP contribution is -2.58. The summed E-state index contributed by atoms with van der Waals surface area (Å²) in [4.78, 5) is 56.6. The number of nitrogens with one attached hydrogen (secondary N) is 1. The molecule has 0 unspecified atom stereocenters. The lowest BCUT2D eigenvalue weighted by Gasteiger charge is -2.34. The topological polar surface area (TPSA) is 104 Å². The Morgan fingerprint density at radius 2 is 1.71 bits per heavy atom. The minimum atomic E-state index is -5.35. The van der Waals surface area contributed by atoms with Gasteiger partial charge in [-0.05, 0) is 49.7 Å². The fourth-order valence-electron chi connectivity index (χ4n) is 4.18. The fraction of sp³-hybridized carbons (Fsp3) is 0.269. The third-order valence-electron chi connectivity index (χ3n) is 6.55. The maximum absolute atomic E-state index is 14.8. The molecule has 15 heteroatoms. The first kappa shape index (κ1) is 29.6. The number of H-pyrrole nitrogens is 1. The molecule has 1 aromatic heterocycles. The Labute approximate surface area is 233 Å². The van der Waals surface area contributed by atoms with Gasteiger partial charge in [0.15, 0.2) is 0 Å². The van der Waals surface area contributed by atoms with Gasteiger partial charge in [0.05, 0.1) is 17.0 Å². The van der Waals surface area contributed by atoms with Crippen LogP contribution in [-0.4, -0.2) is 53.6 Å². The fourth-order valence-corrected chi connectivity index (χ4v) is 4.36. The second kappa shape index (κ2) is 11.3. The molecule has 0 atom stereocenters. The molecular weight excluding hydrogens is 579 g/mol. The number of anilines is 1. The minimum Gasteiger partial charge on any atom is -0.327 e. The predicted molar refractivity (Wildman–Crippen MR) is 133 cm³/mol. The van der Waals surface area contributed by atoms with Crippen molar-refractivity contribution in [2.24, 2.45) is 0 Å². The number of benzene rings is 2. The van der Waals surface area contributed by atoms with Gasteiger partial charge in [0.2, 0.25) is 5.91 Å². The molecule has 0 radical (unpaired) electrons. The molecule has 1 saturated heterocycles. The lowest BCUT2D eigenvalue weighted by atomic mass is 10.0. The summed E-state index contributed by atoms with van der Waals surface area (Å²) in [5.74, 6) is -5.49. The van der Waals surface area contributed by atoms with E-state index in [1.165, 1.54) is 36.9 Å². The zero-order valence-electron chi connectivity index (χ0n) is 21.4. The van der Waals surface area contributed by atoms with Gasteiger partial charge >= 0.3 is 17.7 Å². The number of halogens is 6. The molecule has 216 valence electrons. The zero-order chi connectivity index (χ0) is 30.2. The van der Waals surface area contributed by atoms with Crippen molar-refractivity contribution in [3.8, 4) is 0 Å². The van der Waals surface area contributed by atoms with Crippen LogP contribution in [-0.2, 0) is 16.0 Å². The molecule has 0 bridgehead atoms. The molecule has 3 aromatic rings. The highest BCUT2D eigenvalue weighted by Gasteiger charge is 2.46. The van der Waals surface area contributed by atoms with Crippen LogP contribution in [0.4, 0.5) is 27.6 Å². The van der Waals surface area contributed by atoms with Crippen LogP contribution in [0.15, 0.2) is 41.2 Å². The summed E-state index contributed by atoms with van der Waals surface area (Å²) >= 11 is 5.80. The summed E-state index contributed by atoms with van der Waals surface area (Å²) < 4.78 is 66.7. The Hall–Kier alpha value is -4.33. The van der Waals surface area contributed by atoms with Crippen LogP contribution in [0, 0.1) is 25.5 Å². The average molecular weight is 600 g/mol. The van der Waals surface area contributed by atoms with E-state index in [9.17, 15) is 41.1 Å². The monoisotopic (exact) mass is 599 g/mol. The van der Waals surface area contributed by atoms with Gasteiger partial charge in [0, 0.05) is 29.9 Å². The molecular formula is C26H21ClF5N4O5+. The maximum Gasteiger partial charge on any atom is 0.498 e. The number of aromatic nitrogens is 2. The molecule has 4 rings (SSSR count). The van der Waals surface area contributed by atoms with E-state index < -0.39 is 53.3 Å². The van der Waals surface area contributed by atoms with Gasteiger partial charge in [0.25, 0.3) is 11.6 Å². The minimum absolute atomic E-state index is 0.00879. The van der Waals surface area contributed by atoms with E-state index in [1.807, 2.05) is 5.10 Å². The Balaban J connectivity index is 1.58. The molecule has 1 N–H and O–H groups in total. The number of alkyl halides is 3. The van der Waals surface area contributed by atoms with Crippen LogP contribution in [0.3, 0.4) is 0 Å². The van der Waals surface area contributed by atoms with Crippen molar-refractivity contribution in [3.63, 3.8) is 0 Å². The molecule has 0 saturated carbocycles. The first-order chi connectivity index (χ1) is 19.2. The Morgan fingerprint density at radius 1 is 1.02 bits per heavy atom. The molecule has 0 spiro atoms. The summed E-state index contributed by atoms with van der Waals surface area (Å²) in [6.07, 6.45) is -5.62. The smallest absolute Gasteiger partial charge is 0.327 e. The van der Waals surface area contributed by atoms with Crippen molar-refractivity contribution in [3.05, 3.63) is 91.4 Å². The Morgan fingerprint density at radius 3 is 2.34 bits per heavy atom. The number of rotatable bonds is 5. The zero-order valence-corrected chi connectivity index (χ0v) is 22.2. The van der Waals surface area contributed by atoms with Gasteiger partial charge in [-0.1, -0.05) is 22.8 Å². The van der Waals surface area contributed by atoms with Crippen LogP contribution in [0.25, 0.3) is 0 Å². The number of hydrogen-bond acceptors (Lipinski definition) is 5. The van der Waals surface area contributed by atoms with Crippen molar-refractivity contribution >= 4 is 35.1 Å². The first-order valence-corrected chi connectivity index (χ1v) is 12.3. The van der Waals surface area contributed by atoms with Crippen molar-refractivity contribution < 1.29 is 46.0 Å². The molecule has 2 aromatic carbocycles. The number of aromatic amines is 1. The van der Waals surface area contributed by atoms with E-state index in [0.717, 1.165) is 23.1 Å². The maximum atomic E-state index is 14.8. The number of piperazine rings is 1. The summed E-state index contributed by atoms with van der Waals surface area (Å²) in [7, 11) is 0. The van der Waals surface area contributed by atoms with E-state index in [0.29, 0.717) is 10.5 Å². The third-order valence-corrected chi connectivity index (χ3v) is 6.84. The molecule has 1 aliphatic rings. The highest BCUT2D eigenvalue weighted by molar-refractivity contribution is 6.31. The largest absolute Gasteiger partial charge is 0.498 e. The first-order valence-electron chi connectivity index (χ1n) is 11.9. The highest BCUT2D eigenvalue weighted by Crippen LogP contribution is 2.25. The van der Waals surface area contributed by atoms with E-state index in [-0.39, 0.29) is 46.9 Å². The van der Waals surface area contributed by atoms with Crippen LogP contribution in [0.2, 0.25) is 5.02 Å². The molecule has 2 heterocycles. The van der Waals surface area contributed by atoms with E-state index in [2.05, 4.69) is 4.84 Å². The Bertz CT molecular complexity index is 1620. The Kier molecular flexibility index (Phi) is 8.15. The summed E-state index contributed by atoms with van der Waals surface area (Å²) in [6, 6.07) is 7.13. The molecule has 0 aliphatic carbocycles. The summed E-state index contributed by atoms with van der Waals surface area (Å²) in [5, 5.41) is 1.85. The van der Waals surface area contributed by atoms with Crippen LogP contribution in [0.1, 0.15) is 32.7 Å². The normalized spacial score (nSPS) is 13.9. The number of nitrogens with zero attached hydrogens (tertiary/aromatic N) is 3. The lowest BCUT2D eigenvalue weighted by molar-refractivity contribution is -0.921. The van der Waals surface area contributed by atoms with Gasteiger partial charge in [-0.25, -0.2) is 13.6 Å². The number of amides is 2. The van der Waals surface area contributed by atoms with Gasteiger partial charge in [-0.2, -0.15) is 18.0 Å². The molecule has 1 aliphatic heterocycles.